The highest BCUT2D eigenvalue weighted by atomic mass is 16.6. The molecule has 0 bridgehead atoms. The van der Waals surface area contributed by atoms with Crippen LogP contribution in [0.4, 0.5) is 11.4 Å². The maximum atomic E-state index is 11.0. The molecule has 23 heavy (non-hydrogen) atoms. The summed E-state index contributed by atoms with van der Waals surface area (Å²) < 4.78 is 6.96. The van der Waals surface area contributed by atoms with Crippen molar-refractivity contribution in [3.63, 3.8) is 0 Å². The summed E-state index contributed by atoms with van der Waals surface area (Å²) in [6.07, 6.45) is 4.93. The molecule has 2 heterocycles. The molecular weight excluding hydrogens is 306 g/mol. The lowest BCUT2D eigenvalue weighted by Gasteiger charge is -2.05. The Balaban J connectivity index is 1.92. The number of hydrogen-bond donors (Lipinski definition) is 0. The van der Waals surface area contributed by atoms with E-state index in [4.69, 9.17) is 4.74 Å². The van der Waals surface area contributed by atoms with E-state index in [1.165, 1.54) is 6.07 Å². The highest BCUT2D eigenvalue weighted by molar-refractivity contribution is 5.59. The van der Waals surface area contributed by atoms with Gasteiger partial charge in [0.15, 0.2) is 0 Å². The van der Waals surface area contributed by atoms with Crippen molar-refractivity contribution >= 4 is 17.2 Å². The zero-order valence-electron chi connectivity index (χ0n) is 11.5. The lowest BCUT2D eigenvalue weighted by molar-refractivity contribution is -0.396. The number of aromatic nitrogens is 3. The third-order valence-electron chi connectivity index (χ3n) is 3.02. The summed E-state index contributed by atoms with van der Waals surface area (Å²) >= 11 is 0. The largest absolute Gasteiger partial charge is 0.475 e. The molecular formula is C13H9N5O5. The van der Waals surface area contributed by atoms with Crippen LogP contribution in [-0.4, -0.2) is 24.2 Å². The van der Waals surface area contributed by atoms with Crippen molar-refractivity contribution in [1.29, 1.82) is 0 Å². The third-order valence-corrected chi connectivity index (χ3v) is 3.02. The Bertz CT molecular complexity index is 841. The smallest absolute Gasteiger partial charge is 0.318 e. The Labute approximate surface area is 128 Å². The van der Waals surface area contributed by atoms with Crippen LogP contribution in [0.1, 0.15) is 5.69 Å². The topological polar surface area (TPSA) is 126 Å². The van der Waals surface area contributed by atoms with Crippen LogP contribution in [0.15, 0.2) is 42.9 Å². The summed E-state index contributed by atoms with van der Waals surface area (Å²) in [6.45, 7) is -0.158. The van der Waals surface area contributed by atoms with Gasteiger partial charge in [-0.15, -0.1) is 0 Å². The first-order valence-electron chi connectivity index (χ1n) is 6.39. The molecule has 0 atom stereocenters. The number of nitro benzene ring substituents is 2. The van der Waals surface area contributed by atoms with E-state index in [-0.39, 0.29) is 6.61 Å². The van der Waals surface area contributed by atoms with E-state index in [2.05, 4.69) is 9.97 Å². The van der Waals surface area contributed by atoms with Gasteiger partial charge in [-0.05, 0) is 12.1 Å². The first-order valence-corrected chi connectivity index (χ1v) is 6.39. The molecule has 0 N–H and O–H groups in total. The Kier molecular flexibility index (Phi) is 3.55. The zero-order chi connectivity index (χ0) is 16.4. The van der Waals surface area contributed by atoms with Gasteiger partial charge < -0.3 is 4.74 Å². The zero-order valence-corrected chi connectivity index (χ0v) is 11.5. The predicted molar refractivity (Wildman–Crippen MR) is 77.1 cm³/mol. The number of nitrogens with zero attached hydrogens (tertiary/aromatic N) is 5. The summed E-state index contributed by atoms with van der Waals surface area (Å²) in [4.78, 5) is 28.8. The molecule has 10 nitrogen and oxygen atoms in total. The van der Waals surface area contributed by atoms with Gasteiger partial charge >= 0.3 is 11.4 Å². The van der Waals surface area contributed by atoms with Crippen LogP contribution in [0.25, 0.3) is 5.78 Å². The van der Waals surface area contributed by atoms with Gasteiger partial charge in [-0.1, -0.05) is 0 Å². The molecule has 0 unspecified atom stereocenters. The molecule has 116 valence electrons. The lowest BCUT2D eigenvalue weighted by atomic mass is 10.2. The molecule has 0 radical (unpaired) electrons. The Morgan fingerprint density at radius 2 is 1.83 bits per heavy atom. The van der Waals surface area contributed by atoms with Gasteiger partial charge in [-0.2, -0.15) is 0 Å². The second kappa shape index (κ2) is 5.67. The number of fused-ring (bicyclic) bond motifs is 1. The van der Waals surface area contributed by atoms with E-state index in [0.717, 1.165) is 12.1 Å². The van der Waals surface area contributed by atoms with Crippen molar-refractivity contribution in [3.05, 3.63) is 68.8 Å². The van der Waals surface area contributed by atoms with Gasteiger partial charge in [0, 0.05) is 30.7 Å². The second-order valence-corrected chi connectivity index (χ2v) is 4.49. The summed E-state index contributed by atoms with van der Waals surface area (Å²) in [6, 6.07) is 5.24. The summed E-state index contributed by atoms with van der Waals surface area (Å²) in [5.41, 5.74) is -0.502. The van der Waals surface area contributed by atoms with E-state index >= 15 is 0 Å². The number of rotatable bonds is 5. The standard InChI is InChI=1S/C13H9N5O5/c19-17(20)10-3-1-4-11(18(21)22)12(10)23-8-9-7-16-6-2-5-14-13(16)15-9/h1-7H,8H2. The first kappa shape index (κ1) is 14.4. The van der Waals surface area contributed by atoms with E-state index in [0.29, 0.717) is 11.5 Å². The molecule has 2 aromatic heterocycles. The molecule has 0 aliphatic heterocycles. The monoisotopic (exact) mass is 315 g/mol. The quantitative estimate of drug-likeness (QED) is 0.521. The number of benzene rings is 1. The minimum atomic E-state index is -0.729. The molecule has 10 heteroatoms. The lowest BCUT2D eigenvalue weighted by Crippen LogP contribution is -2.02. The molecule has 0 amide bonds. The van der Waals surface area contributed by atoms with Crippen molar-refractivity contribution < 1.29 is 14.6 Å². The van der Waals surface area contributed by atoms with Crippen LogP contribution in [0, 0.1) is 20.2 Å². The number of nitro groups is 2. The van der Waals surface area contributed by atoms with Crippen LogP contribution < -0.4 is 4.74 Å². The Morgan fingerprint density at radius 1 is 1.13 bits per heavy atom. The Morgan fingerprint density at radius 3 is 2.43 bits per heavy atom. The van der Waals surface area contributed by atoms with Crippen molar-refractivity contribution in [2.24, 2.45) is 0 Å². The molecule has 3 rings (SSSR count). The van der Waals surface area contributed by atoms with Gasteiger partial charge in [0.1, 0.15) is 6.61 Å². The van der Waals surface area contributed by atoms with Gasteiger partial charge in [0.2, 0.25) is 5.78 Å². The van der Waals surface area contributed by atoms with Crippen LogP contribution >= 0.6 is 0 Å². The summed E-state index contributed by atoms with van der Waals surface area (Å²) in [5.74, 6) is 0.0377. The fourth-order valence-corrected chi connectivity index (χ4v) is 2.04. The molecule has 0 aliphatic carbocycles. The Hall–Kier alpha value is -3.56. The van der Waals surface area contributed by atoms with Crippen molar-refractivity contribution in [3.8, 4) is 5.75 Å². The first-order chi connectivity index (χ1) is 11.1. The predicted octanol–water partition coefficient (Wildman–Crippen LogP) is 2.12. The van der Waals surface area contributed by atoms with Gasteiger partial charge in [-0.3, -0.25) is 24.6 Å². The minimum absolute atomic E-state index is 0.158. The van der Waals surface area contributed by atoms with Crippen LogP contribution in [-0.2, 0) is 6.61 Å². The molecule has 0 fully saturated rings. The maximum absolute atomic E-state index is 11.0. The maximum Gasteiger partial charge on any atom is 0.318 e. The van der Waals surface area contributed by atoms with E-state index in [1.54, 1.807) is 29.1 Å². The highest BCUT2D eigenvalue weighted by Gasteiger charge is 2.26. The SMILES string of the molecule is O=[N+]([O-])c1cccc([N+](=O)[O-])c1OCc1cn2cccnc2n1. The third kappa shape index (κ3) is 2.77. The van der Waals surface area contributed by atoms with E-state index < -0.39 is 27.0 Å². The number of para-hydroxylation sites is 1. The summed E-state index contributed by atoms with van der Waals surface area (Å²) in [7, 11) is 0. The van der Waals surface area contributed by atoms with Gasteiger partial charge in [0.25, 0.3) is 5.75 Å². The number of imidazole rings is 1. The molecule has 1 aromatic carbocycles. The molecule has 0 spiro atoms. The van der Waals surface area contributed by atoms with Crippen LogP contribution in [0.5, 0.6) is 5.75 Å². The van der Waals surface area contributed by atoms with E-state index in [9.17, 15) is 20.2 Å². The number of ether oxygens (including phenoxy) is 1. The number of hydrogen-bond acceptors (Lipinski definition) is 7. The average Bonchev–Trinajstić information content (AvgIpc) is 2.95. The molecule has 0 saturated carbocycles. The van der Waals surface area contributed by atoms with Crippen LogP contribution in [0.2, 0.25) is 0 Å². The molecule has 0 aliphatic rings. The second-order valence-electron chi connectivity index (χ2n) is 4.49. The summed E-state index contributed by atoms with van der Waals surface area (Å²) in [5, 5.41) is 22.0. The molecule has 0 saturated heterocycles. The van der Waals surface area contributed by atoms with Crippen LogP contribution in [0.3, 0.4) is 0 Å². The van der Waals surface area contributed by atoms with Gasteiger partial charge in [0.05, 0.1) is 15.5 Å². The average molecular weight is 315 g/mol. The normalized spacial score (nSPS) is 10.6. The van der Waals surface area contributed by atoms with Gasteiger partial charge in [-0.25, -0.2) is 9.97 Å². The highest BCUT2D eigenvalue weighted by Crippen LogP contribution is 2.36. The minimum Gasteiger partial charge on any atom is -0.475 e. The van der Waals surface area contributed by atoms with Crippen molar-refractivity contribution in [2.75, 3.05) is 0 Å². The molecule has 3 aromatic rings. The fourth-order valence-electron chi connectivity index (χ4n) is 2.04. The van der Waals surface area contributed by atoms with E-state index in [1.807, 2.05) is 0 Å². The van der Waals surface area contributed by atoms with Crippen molar-refractivity contribution in [2.45, 2.75) is 6.61 Å². The van der Waals surface area contributed by atoms with Crippen molar-refractivity contribution in [1.82, 2.24) is 14.4 Å². The fraction of sp³-hybridized carbons (Fsp3) is 0.0769.